The maximum atomic E-state index is 15.9. The molecule has 6 rings (SSSR count). The number of benzene rings is 2. The van der Waals surface area contributed by atoms with Crippen molar-refractivity contribution in [1.82, 2.24) is 15.0 Å². The summed E-state index contributed by atoms with van der Waals surface area (Å²) in [7, 11) is 0. The minimum atomic E-state index is -1.09. The molecule has 6 nitrogen and oxygen atoms in total. The van der Waals surface area contributed by atoms with Crippen molar-refractivity contribution in [2.24, 2.45) is 5.92 Å². The molecule has 1 aliphatic heterocycles. The van der Waals surface area contributed by atoms with E-state index in [0.717, 1.165) is 6.42 Å². The summed E-state index contributed by atoms with van der Waals surface area (Å²) < 4.78 is 44.9. The number of β-amino-alcohol motifs (C(OH)–C–C–N with tert-alkyl or cyclic N) is 1. The number of aromatic nitrogens is 3. The van der Waals surface area contributed by atoms with Crippen LogP contribution in [0.3, 0.4) is 0 Å². The molecular weight excluding hydrogens is 445 g/mol. The van der Waals surface area contributed by atoms with Gasteiger partial charge >= 0.3 is 6.08 Å². The van der Waals surface area contributed by atoms with E-state index in [0.29, 0.717) is 35.7 Å². The van der Waals surface area contributed by atoms with Crippen LogP contribution in [0.15, 0.2) is 30.5 Å². The lowest BCUT2D eigenvalue weighted by Crippen LogP contribution is -2.41. The first-order valence-electron chi connectivity index (χ1n) is 11.2. The molecular formula is C25H21F3N4O2. The second-order valence-electron chi connectivity index (χ2n) is 9.19. The molecule has 0 spiro atoms. The van der Waals surface area contributed by atoms with Crippen LogP contribution in [-0.4, -0.2) is 43.9 Å². The smallest absolute Gasteiger partial charge is 0.311 e. The Labute approximate surface area is 192 Å². The van der Waals surface area contributed by atoms with Crippen LogP contribution in [0.1, 0.15) is 25.3 Å². The van der Waals surface area contributed by atoms with Crippen molar-refractivity contribution >= 4 is 27.5 Å². The van der Waals surface area contributed by atoms with Crippen LogP contribution in [0.25, 0.3) is 32.9 Å². The van der Waals surface area contributed by atoms with Gasteiger partial charge in [0.1, 0.15) is 28.6 Å². The van der Waals surface area contributed by atoms with E-state index in [-0.39, 0.29) is 46.2 Å². The number of rotatable bonds is 3. The summed E-state index contributed by atoms with van der Waals surface area (Å²) in [6.07, 6.45) is 2.04. The Morgan fingerprint density at radius 2 is 2.00 bits per heavy atom. The van der Waals surface area contributed by atoms with Gasteiger partial charge in [-0.1, -0.05) is 13.0 Å². The molecule has 2 unspecified atom stereocenters. The summed E-state index contributed by atoms with van der Waals surface area (Å²) in [6.45, 7) is 2.62. The molecule has 34 heavy (non-hydrogen) atoms. The lowest BCUT2D eigenvalue weighted by Gasteiger charge is -2.31. The number of phenols is 1. The van der Waals surface area contributed by atoms with Gasteiger partial charge in [-0.2, -0.15) is 14.4 Å². The quantitative estimate of drug-likeness (QED) is 0.433. The Morgan fingerprint density at radius 1 is 1.18 bits per heavy atom. The van der Waals surface area contributed by atoms with E-state index in [1.807, 2.05) is 0 Å². The third-order valence-corrected chi connectivity index (χ3v) is 7.11. The highest BCUT2D eigenvalue weighted by atomic mass is 19.1. The van der Waals surface area contributed by atoms with Gasteiger partial charge in [-0.25, -0.2) is 8.78 Å². The predicted molar refractivity (Wildman–Crippen MR) is 121 cm³/mol. The van der Waals surface area contributed by atoms with Crippen molar-refractivity contribution < 1.29 is 23.4 Å². The van der Waals surface area contributed by atoms with Gasteiger partial charge < -0.3 is 15.1 Å². The minimum absolute atomic E-state index is 0.132. The van der Waals surface area contributed by atoms with Crippen molar-refractivity contribution in [3.8, 4) is 17.0 Å². The number of aliphatic hydroxyl groups is 1. The summed E-state index contributed by atoms with van der Waals surface area (Å²) >= 11 is 0. The molecule has 1 saturated heterocycles. The average Bonchev–Trinajstić information content (AvgIpc) is 3.49. The van der Waals surface area contributed by atoms with Gasteiger partial charge in [-0.05, 0) is 59.7 Å². The Bertz CT molecular complexity index is 1500. The van der Waals surface area contributed by atoms with Crippen molar-refractivity contribution in [3.05, 3.63) is 53.7 Å². The number of aryl methyl sites for hydroxylation is 1. The third-order valence-electron chi connectivity index (χ3n) is 7.11. The topological polar surface area (TPSA) is 82.4 Å². The van der Waals surface area contributed by atoms with Gasteiger partial charge in [-0.3, -0.25) is 4.98 Å². The van der Waals surface area contributed by atoms with E-state index < -0.39 is 23.3 Å². The fraction of sp³-hybridized carbons (Fsp3) is 0.320. The van der Waals surface area contributed by atoms with E-state index in [9.17, 15) is 19.0 Å². The summed E-state index contributed by atoms with van der Waals surface area (Å²) in [6, 6.07) is 5.62. The van der Waals surface area contributed by atoms with Gasteiger partial charge in [0.2, 0.25) is 0 Å². The van der Waals surface area contributed by atoms with Gasteiger partial charge in [0, 0.05) is 24.8 Å². The Hall–Kier alpha value is -3.46. The second kappa shape index (κ2) is 7.27. The third kappa shape index (κ3) is 3.10. The molecule has 174 valence electrons. The number of hydrogen-bond donors (Lipinski definition) is 2. The number of hydrogen-bond acceptors (Lipinski definition) is 6. The van der Waals surface area contributed by atoms with E-state index >= 15 is 4.39 Å². The van der Waals surface area contributed by atoms with Crippen LogP contribution in [0.5, 0.6) is 5.75 Å². The van der Waals surface area contributed by atoms with Gasteiger partial charge in [0.05, 0.1) is 11.0 Å². The van der Waals surface area contributed by atoms with Crippen LogP contribution in [-0.2, 0) is 6.42 Å². The number of phenolic OH excluding ortho intramolecular Hbond substituents is 1. The molecule has 2 aromatic heterocycles. The number of halogens is 3. The zero-order valence-electron chi connectivity index (χ0n) is 18.3. The Kier molecular flexibility index (Phi) is 4.51. The number of piperidine rings is 1. The van der Waals surface area contributed by atoms with E-state index in [4.69, 9.17) is 0 Å². The van der Waals surface area contributed by atoms with E-state index in [1.54, 1.807) is 11.8 Å². The molecule has 9 heteroatoms. The number of nitrogens with zero attached hydrogens (tertiary/aromatic N) is 4. The fourth-order valence-corrected chi connectivity index (χ4v) is 5.31. The molecule has 1 aliphatic carbocycles. The molecule has 1 saturated carbocycles. The molecule has 2 aromatic carbocycles. The highest BCUT2D eigenvalue weighted by Crippen LogP contribution is 2.50. The zero-order chi connectivity index (χ0) is 23.8. The van der Waals surface area contributed by atoms with Crippen LogP contribution >= 0.6 is 0 Å². The van der Waals surface area contributed by atoms with Crippen LogP contribution in [0.4, 0.5) is 19.0 Å². The number of aromatic hydroxyl groups is 1. The molecule has 0 bridgehead atoms. The van der Waals surface area contributed by atoms with E-state index in [1.165, 1.54) is 30.5 Å². The average molecular weight is 466 g/mol. The van der Waals surface area contributed by atoms with E-state index in [2.05, 4.69) is 15.0 Å². The first kappa shape index (κ1) is 21.1. The molecule has 0 amide bonds. The number of pyridine rings is 1. The monoisotopic (exact) mass is 466 g/mol. The standard InChI is InChI=1S/C25H21F3N4O2/c1-2-15-18(26)4-3-12-7-14(33)8-16(19(12)15)21-20(27)22-17(10-29-21)23(31-24(28)30-22)32-6-5-13-9-25(13,34)11-32/h3-4,7-8,10,13,33-34H,2,5-6,9,11H2,1H3. The molecule has 2 aliphatic rings. The fourth-order valence-electron chi connectivity index (χ4n) is 5.31. The van der Waals surface area contributed by atoms with Gasteiger partial charge in [0.25, 0.3) is 0 Å². The van der Waals surface area contributed by atoms with Crippen molar-refractivity contribution in [2.45, 2.75) is 31.8 Å². The van der Waals surface area contributed by atoms with Crippen molar-refractivity contribution in [3.63, 3.8) is 0 Å². The number of fused-ring (bicyclic) bond motifs is 3. The van der Waals surface area contributed by atoms with Crippen LogP contribution in [0, 0.1) is 23.6 Å². The summed E-state index contributed by atoms with van der Waals surface area (Å²) in [4.78, 5) is 13.7. The Morgan fingerprint density at radius 3 is 2.76 bits per heavy atom. The van der Waals surface area contributed by atoms with Gasteiger partial charge in [-0.15, -0.1) is 0 Å². The SMILES string of the molecule is CCc1c(F)ccc2cc(O)cc(-c3ncc4c(N5CCC6CC6(O)C5)nc(F)nc4c3F)c12. The van der Waals surface area contributed by atoms with Crippen molar-refractivity contribution in [2.75, 3.05) is 18.0 Å². The summed E-state index contributed by atoms with van der Waals surface area (Å²) in [5.74, 6) is -1.05. The first-order valence-corrected chi connectivity index (χ1v) is 11.2. The molecule has 2 N–H and O–H groups in total. The summed E-state index contributed by atoms with van der Waals surface area (Å²) in [5.41, 5.74) is -0.692. The first-order chi connectivity index (χ1) is 16.3. The van der Waals surface area contributed by atoms with Crippen molar-refractivity contribution in [1.29, 1.82) is 0 Å². The zero-order valence-corrected chi connectivity index (χ0v) is 18.3. The summed E-state index contributed by atoms with van der Waals surface area (Å²) in [5, 5.41) is 22.0. The predicted octanol–water partition coefficient (Wildman–Crippen LogP) is 4.49. The molecule has 0 radical (unpaired) electrons. The highest BCUT2D eigenvalue weighted by Gasteiger charge is 2.56. The van der Waals surface area contributed by atoms with Crippen LogP contribution in [0.2, 0.25) is 0 Å². The second-order valence-corrected chi connectivity index (χ2v) is 9.19. The normalized spacial score (nSPS) is 21.8. The highest BCUT2D eigenvalue weighted by molar-refractivity contribution is 6.01. The Balaban J connectivity index is 1.57. The largest absolute Gasteiger partial charge is 0.508 e. The lowest BCUT2D eigenvalue weighted by atomic mass is 9.94. The number of anilines is 1. The lowest BCUT2D eigenvalue weighted by molar-refractivity contribution is 0.124. The minimum Gasteiger partial charge on any atom is -0.508 e. The molecule has 3 heterocycles. The van der Waals surface area contributed by atoms with Gasteiger partial charge in [0.15, 0.2) is 5.82 Å². The molecule has 2 fully saturated rings. The maximum Gasteiger partial charge on any atom is 0.311 e. The van der Waals surface area contributed by atoms with Crippen LogP contribution < -0.4 is 4.90 Å². The molecule has 2 atom stereocenters. The molecule has 4 aromatic rings. The maximum absolute atomic E-state index is 15.9.